The molecular weight excluding hydrogens is 256 g/mol. The van der Waals surface area contributed by atoms with Gasteiger partial charge < -0.3 is 10.2 Å². The Labute approximate surface area is 127 Å². The number of para-hydroxylation sites is 1. The van der Waals surface area contributed by atoms with Gasteiger partial charge in [-0.3, -0.25) is 0 Å². The van der Waals surface area contributed by atoms with Crippen molar-refractivity contribution in [2.45, 2.75) is 24.8 Å². The monoisotopic (exact) mass is 276 g/mol. The molecule has 0 aliphatic rings. The molecule has 4 heteroatoms. The zero-order chi connectivity index (χ0) is 14.2. The molecule has 0 aliphatic heterocycles. The van der Waals surface area contributed by atoms with Gasteiger partial charge in [0, 0.05) is 0 Å². The van der Waals surface area contributed by atoms with Gasteiger partial charge in [0.1, 0.15) is 11.3 Å². The van der Waals surface area contributed by atoms with Gasteiger partial charge >= 0.3 is 77.3 Å². The molecular formula is C14H20CaO3. The molecule has 0 spiro atoms. The van der Waals surface area contributed by atoms with E-state index in [4.69, 9.17) is 10.2 Å². The molecule has 1 aromatic carbocycles. The topological polar surface area (TPSA) is 57.5 Å². The standard InChI is InChI=1S/C7H6O3.C4H9.C3H5.Ca/c8-6-4-2-1-3-5(6)7(9)10;1-4(2)3;1-3-2;/h1-4,8H,(H,9,10);1-3H3;3H,1-2H2;. The summed E-state index contributed by atoms with van der Waals surface area (Å²) in [4.78, 5) is 10.3. The number of phenols is 1. The SMILES string of the molecule is C=C[CH2][Ca][C](C)(C)C.O=C(O)c1ccccc1O. The number of rotatable bonds is 3. The smallest absolute Gasteiger partial charge is 0.339 e. The number of carboxylic acids is 1. The number of aromatic hydroxyl groups is 1. The van der Waals surface area contributed by atoms with Crippen LogP contribution in [0.3, 0.4) is 0 Å². The van der Waals surface area contributed by atoms with E-state index in [-0.39, 0.29) is 45.2 Å². The summed E-state index contributed by atoms with van der Waals surface area (Å²) in [5.74, 6) is -1.31. The first kappa shape index (κ1) is 17.5. The first-order chi connectivity index (χ1) is 8.28. The first-order valence-electron chi connectivity index (χ1n) is 5.90. The van der Waals surface area contributed by atoms with E-state index in [0.29, 0.717) is 1.51 Å². The Balaban J connectivity index is 0.000000331. The van der Waals surface area contributed by atoms with E-state index in [1.807, 2.05) is 0 Å². The number of hydrogen-bond acceptors (Lipinski definition) is 2. The fourth-order valence-corrected chi connectivity index (χ4v) is 2.86. The Morgan fingerprint density at radius 2 is 1.94 bits per heavy atom. The minimum atomic E-state index is -1.11. The second-order valence-corrected chi connectivity index (χ2v) is 10.2. The minimum absolute atomic E-state index is 0.0671. The molecule has 96 valence electrons. The third-order valence-corrected chi connectivity index (χ3v) is 5.66. The van der Waals surface area contributed by atoms with Crippen LogP contribution in [0.5, 0.6) is 5.75 Å². The molecule has 0 heterocycles. The second-order valence-electron chi connectivity index (χ2n) is 5.21. The van der Waals surface area contributed by atoms with Gasteiger partial charge in [0.15, 0.2) is 0 Å². The van der Waals surface area contributed by atoms with E-state index >= 15 is 0 Å². The third-order valence-electron chi connectivity index (χ3n) is 2.23. The molecule has 18 heavy (non-hydrogen) atoms. The number of benzene rings is 1. The summed E-state index contributed by atoms with van der Waals surface area (Å²) in [7, 11) is 0. The van der Waals surface area contributed by atoms with Crippen molar-refractivity contribution >= 4 is 39.8 Å². The summed E-state index contributed by atoms with van der Waals surface area (Å²) in [6.45, 7) is 10.7. The molecule has 0 aliphatic carbocycles. The Bertz CT molecular complexity index is 394. The van der Waals surface area contributed by atoms with Crippen molar-refractivity contribution in [3.8, 4) is 5.75 Å². The molecule has 0 aromatic heterocycles. The first-order valence-corrected chi connectivity index (χ1v) is 8.56. The maximum Gasteiger partial charge on any atom is 0.339 e. The molecule has 0 unspecified atom stereocenters. The van der Waals surface area contributed by atoms with Crippen LogP contribution in [0.25, 0.3) is 0 Å². The van der Waals surface area contributed by atoms with E-state index in [1.165, 1.54) is 14.7 Å². The van der Waals surface area contributed by atoms with Crippen LogP contribution in [0.2, 0.25) is 4.03 Å². The van der Waals surface area contributed by atoms with Gasteiger partial charge in [-0.05, 0) is 12.1 Å². The number of aromatic carboxylic acids is 1. The van der Waals surface area contributed by atoms with Crippen LogP contribution in [-0.2, 0) is 0 Å². The molecule has 3 nitrogen and oxygen atoms in total. The average Bonchev–Trinajstić information content (AvgIpc) is 2.26. The number of carboxylic acid groups (broad SMARTS) is 1. The Hall–Kier alpha value is -0.510. The quantitative estimate of drug-likeness (QED) is 0.655. The Morgan fingerprint density at radius 1 is 1.39 bits per heavy atom. The largest absolute Gasteiger partial charge is 0.507 e. The van der Waals surface area contributed by atoms with E-state index < -0.39 is 5.97 Å². The molecule has 1 rings (SSSR count). The summed E-state index contributed by atoms with van der Waals surface area (Å²) < 4.78 is 2.00. The molecule has 0 saturated carbocycles. The predicted molar refractivity (Wildman–Crippen MR) is 75.5 cm³/mol. The summed E-state index contributed by atoms with van der Waals surface area (Å²) in [5.41, 5.74) is -0.0671. The fraction of sp³-hybridized carbons (Fsp3) is 0.357. The van der Waals surface area contributed by atoms with Crippen molar-refractivity contribution in [1.29, 1.82) is 0 Å². The van der Waals surface area contributed by atoms with Crippen LogP contribution in [-0.4, -0.2) is 50.0 Å². The normalized spacial score (nSPS) is 9.72. The molecule has 0 saturated heterocycles. The molecule has 2 N–H and O–H groups in total. The van der Waals surface area contributed by atoms with E-state index in [0.717, 1.165) is 0 Å². The van der Waals surface area contributed by atoms with Gasteiger partial charge in [0.05, 0.1) is 0 Å². The molecule has 0 atom stereocenters. The van der Waals surface area contributed by atoms with Crippen LogP contribution in [0.15, 0.2) is 36.9 Å². The summed E-state index contributed by atoms with van der Waals surface area (Å²) >= 11 is -0.259. The van der Waals surface area contributed by atoms with Crippen LogP contribution in [0, 0.1) is 0 Å². The fourth-order valence-electron chi connectivity index (χ4n) is 1.19. The summed E-state index contributed by atoms with van der Waals surface area (Å²) in [5, 5.41) is 17.3. The van der Waals surface area contributed by atoms with Gasteiger partial charge in [-0.2, -0.15) is 0 Å². The van der Waals surface area contributed by atoms with Gasteiger partial charge in [-0.1, -0.05) is 12.1 Å². The summed E-state index contributed by atoms with van der Waals surface area (Å²) in [6.07, 6.45) is 2.06. The van der Waals surface area contributed by atoms with Crippen molar-refractivity contribution in [2.75, 3.05) is 0 Å². The van der Waals surface area contributed by atoms with Crippen LogP contribution in [0.4, 0.5) is 0 Å². The van der Waals surface area contributed by atoms with E-state index in [1.54, 1.807) is 12.1 Å². The van der Waals surface area contributed by atoms with Crippen molar-refractivity contribution in [3.63, 3.8) is 0 Å². The van der Waals surface area contributed by atoms with Crippen LogP contribution in [0.1, 0.15) is 31.1 Å². The van der Waals surface area contributed by atoms with E-state index in [2.05, 4.69) is 33.4 Å². The van der Waals surface area contributed by atoms with Crippen LogP contribution < -0.4 is 0 Å². The number of hydrogen-bond donors (Lipinski definition) is 2. The van der Waals surface area contributed by atoms with Crippen molar-refractivity contribution in [3.05, 3.63) is 42.5 Å². The number of allylic oxidation sites excluding steroid dienone is 1. The maximum absolute atomic E-state index is 10.3. The molecule has 0 amide bonds. The third kappa shape index (κ3) is 8.56. The van der Waals surface area contributed by atoms with Gasteiger partial charge in [0.2, 0.25) is 0 Å². The van der Waals surface area contributed by atoms with Crippen molar-refractivity contribution in [1.82, 2.24) is 0 Å². The Morgan fingerprint density at radius 3 is 2.22 bits per heavy atom. The summed E-state index contributed by atoms with van der Waals surface area (Å²) in [6, 6.07) is 5.81. The second kappa shape index (κ2) is 8.57. The van der Waals surface area contributed by atoms with Crippen LogP contribution >= 0.6 is 0 Å². The number of carbonyl (C=O) groups is 1. The zero-order valence-electron chi connectivity index (χ0n) is 11.3. The van der Waals surface area contributed by atoms with E-state index in [9.17, 15) is 4.79 Å². The Kier molecular flexibility index (Phi) is 8.32. The van der Waals surface area contributed by atoms with Gasteiger partial charge in [0.25, 0.3) is 0 Å². The molecule has 0 radical (unpaired) electrons. The average molecular weight is 276 g/mol. The van der Waals surface area contributed by atoms with Gasteiger partial charge in [-0.15, -0.1) is 0 Å². The minimum Gasteiger partial charge on any atom is -0.507 e. The molecule has 0 bridgehead atoms. The maximum atomic E-state index is 10.3. The predicted octanol–water partition coefficient (Wildman–Crippen LogP) is 3.60. The van der Waals surface area contributed by atoms with Crippen molar-refractivity contribution < 1.29 is 15.0 Å². The molecule has 0 fully saturated rings. The molecule has 1 aromatic rings. The van der Waals surface area contributed by atoms with Crippen molar-refractivity contribution in [2.24, 2.45) is 0 Å². The van der Waals surface area contributed by atoms with Gasteiger partial charge in [-0.25, -0.2) is 4.79 Å². The zero-order valence-corrected chi connectivity index (χ0v) is 13.5.